The number of ether oxygens (including phenoxy) is 1. The summed E-state index contributed by atoms with van der Waals surface area (Å²) in [5, 5.41) is 4.37. The van der Waals surface area contributed by atoms with Gasteiger partial charge in [0.25, 0.3) is 0 Å². The van der Waals surface area contributed by atoms with Crippen molar-refractivity contribution in [3.8, 4) is 5.75 Å². The molecule has 0 saturated carbocycles. The van der Waals surface area contributed by atoms with Gasteiger partial charge in [0, 0.05) is 22.3 Å². The van der Waals surface area contributed by atoms with Crippen molar-refractivity contribution in [3.05, 3.63) is 40.1 Å². The van der Waals surface area contributed by atoms with E-state index in [1.165, 1.54) is 0 Å². The van der Waals surface area contributed by atoms with E-state index in [1.54, 1.807) is 13.3 Å². The SMILES string of the molecule is CCCn1ncc(OC)c1C(NN)c1cc(Br)ccc1N. The van der Waals surface area contributed by atoms with Gasteiger partial charge < -0.3 is 10.5 Å². The number of halogens is 1. The number of nitrogen functional groups attached to an aromatic ring is 1. The molecule has 0 aliphatic heterocycles. The van der Waals surface area contributed by atoms with E-state index in [4.69, 9.17) is 16.3 Å². The van der Waals surface area contributed by atoms with E-state index in [0.717, 1.165) is 28.7 Å². The molecular weight excluding hydrogens is 334 g/mol. The van der Waals surface area contributed by atoms with Crippen molar-refractivity contribution in [2.24, 2.45) is 5.84 Å². The van der Waals surface area contributed by atoms with Crippen LogP contribution in [0.25, 0.3) is 0 Å². The molecule has 114 valence electrons. The Morgan fingerprint density at radius 2 is 2.24 bits per heavy atom. The van der Waals surface area contributed by atoms with Crippen molar-refractivity contribution in [2.75, 3.05) is 12.8 Å². The average molecular weight is 354 g/mol. The van der Waals surface area contributed by atoms with Gasteiger partial charge in [0.1, 0.15) is 5.69 Å². The number of nitrogens with one attached hydrogen (secondary N) is 1. The molecule has 7 heteroatoms. The molecule has 0 bridgehead atoms. The molecule has 1 atom stereocenters. The molecule has 1 aromatic carbocycles. The van der Waals surface area contributed by atoms with Crippen LogP contribution in [0.5, 0.6) is 5.75 Å². The third-order valence-corrected chi connectivity index (χ3v) is 3.79. The molecule has 1 unspecified atom stereocenters. The van der Waals surface area contributed by atoms with E-state index in [1.807, 2.05) is 22.9 Å². The van der Waals surface area contributed by atoms with Crippen molar-refractivity contribution < 1.29 is 4.74 Å². The van der Waals surface area contributed by atoms with Gasteiger partial charge >= 0.3 is 0 Å². The second-order valence-corrected chi connectivity index (χ2v) is 5.61. The molecule has 0 spiro atoms. The van der Waals surface area contributed by atoms with Gasteiger partial charge in [-0.2, -0.15) is 5.10 Å². The number of hydrogen-bond donors (Lipinski definition) is 3. The molecular formula is C14H20BrN5O. The van der Waals surface area contributed by atoms with Crippen LogP contribution in [0.2, 0.25) is 0 Å². The molecule has 0 aliphatic rings. The molecule has 0 fully saturated rings. The van der Waals surface area contributed by atoms with Crippen LogP contribution < -0.4 is 21.7 Å². The smallest absolute Gasteiger partial charge is 0.161 e. The van der Waals surface area contributed by atoms with Gasteiger partial charge in [-0.3, -0.25) is 10.5 Å². The van der Waals surface area contributed by atoms with Crippen LogP contribution in [0.1, 0.15) is 30.6 Å². The third-order valence-electron chi connectivity index (χ3n) is 3.30. The molecule has 0 aliphatic carbocycles. The fourth-order valence-electron chi connectivity index (χ4n) is 2.33. The van der Waals surface area contributed by atoms with Crippen LogP contribution in [-0.2, 0) is 6.54 Å². The number of benzene rings is 1. The van der Waals surface area contributed by atoms with Crippen LogP contribution in [0.15, 0.2) is 28.9 Å². The zero-order valence-corrected chi connectivity index (χ0v) is 13.7. The highest BCUT2D eigenvalue weighted by Crippen LogP contribution is 2.33. The number of nitrogens with two attached hydrogens (primary N) is 2. The molecule has 21 heavy (non-hydrogen) atoms. The minimum absolute atomic E-state index is 0.300. The largest absolute Gasteiger partial charge is 0.493 e. The number of aryl methyl sites for hydroxylation is 1. The van der Waals surface area contributed by atoms with Gasteiger partial charge in [0.15, 0.2) is 5.75 Å². The first-order valence-corrected chi connectivity index (χ1v) is 7.52. The number of hydrogen-bond acceptors (Lipinski definition) is 5. The molecule has 1 heterocycles. The Labute approximate surface area is 132 Å². The molecule has 1 aromatic heterocycles. The van der Waals surface area contributed by atoms with Crippen molar-refractivity contribution in [1.29, 1.82) is 0 Å². The first-order valence-electron chi connectivity index (χ1n) is 6.73. The van der Waals surface area contributed by atoms with Crippen molar-refractivity contribution in [3.63, 3.8) is 0 Å². The Morgan fingerprint density at radius 3 is 2.86 bits per heavy atom. The molecule has 2 rings (SSSR count). The van der Waals surface area contributed by atoms with Gasteiger partial charge in [0.2, 0.25) is 0 Å². The number of anilines is 1. The lowest BCUT2D eigenvalue weighted by Crippen LogP contribution is -2.31. The molecule has 2 aromatic rings. The fraction of sp³-hybridized carbons (Fsp3) is 0.357. The van der Waals surface area contributed by atoms with Crippen molar-refractivity contribution >= 4 is 21.6 Å². The van der Waals surface area contributed by atoms with Crippen LogP contribution in [0, 0.1) is 0 Å². The summed E-state index contributed by atoms with van der Waals surface area (Å²) in [7, 11) is 1.62. The molecule has 0 radical (unpaired) electrons. The summed E-state index contributed by atoms with van der Waals surface area (Å²) in [5.41, 5.74) is 11.3. The summed E-state index contributed by atoms with van der Waals surface area (Å²) in [4.78, 5) is 0. The third kappa shape index (κ3) is 3.20. The lowest BCUT2D eigenvalue weighted by atomic mass is 10.0. The van der Waals surface area contributed by atoms with E-state index in [9.17, 15) is 0 Å². The quantitative estimate of drug-likeness (QED) is 0.420. The summed E-state index contributed by atoms with van der Waals surface area (Å²) >= 11 is 3.46. The first-order chi connectivity index (χ1) is 10.1. The summed E-state index contributed by atoms with van der Waals surface area (Å²) in [5.74, 6) is 6.47. The van der Waals surface area contributed by atoms with Gasteiger partial charge in [0.05, 0.1) is 19.3 Å². The Bertz CT molecular complexity index is 613. The normalized spacial score (nSPS) is 12.4. The predicted octanol–water partition coefficient (Wildman–Crippen LogP) is 2.20. The van der Waals surface area contributed by atoms with Crippen LogP contribution in [0.4, 0.5) is 5.69 Å². The molecule has 0 amide bonds. The lowest BCUT2D eigenvalue weighted by molar-refractivity contribution is 0.398. The van der Waals surface area contributed by atoms with Crippen LogP contribution >= 0.6 is 15.9 Å². The standard InChI is InChI=1S/C14H20BrN5O/c1-3-6-20-14(12(21-2)8-18-20)13(19-17)10-7-9(15)4-5-11(10)16/h4-5,7-8,13,19H,3,6,16-17H2,1-2H3. The zero-order valence-electron chi connectivity index (χ0n) is 12.1. The van der Waals surface area contributed by atoms with Crippen LogP contribution in [-0.4, -0.2) is 16.9 Å². The second-order valence-electron chi connectivity index (χ2n) is 4.69. The minimum Gasteiger partial charge on any atom is -0.493 e. The van der Waals surface area contributed by atoms with Gasteiger partial charge in [-0.05, 0) is 24.6 Å². The number of rotatable bonds is 6. The Kier molecular flexibility index (Phi) is 5.22. The Balaban J connectivity index is 2.55. The van der Waals surface area contributed by atoms with E-state index in [-0.39, 0.29) is 6.04 Å². The van der Waals surface area contributed by atoms with E-state index in [2.05, 4.69) is 33.4 Å². The Hall–Kier alpha value is -1.57. The summed E-state index contributed by atoms with van der Waals surface area (Å²) in [6, 6.07) is 5.39. The predicted molar refractivity (Wildman–Crippen MR) is 86.8 cm³/mol. The fourth-order valence-corrected chi connectivity index (χ4v) is 2.71. The van der Waals surface area contributed by atoms with Gasteiger partial charge in [-0.1, -0.05) is 22.9 Å². The highest BCUT2D eigenvalue weighted by Gasteiger charge is 2.24. The first kappa shape index (κ1) is 15.8. The van der Waals surface area contributed by atoms with E-state index >= 15 is 0 Å². The summed E-state index contributed by atoms with van der Waals surface area (Å²) in [6.07, 6.45) is 2.66. The van der Waals surface area contributed by atoms with Gasteiger partial charge in [-0.15, -0.1) is 0 Å². The molecule has 0 saturated heterocycles. The average Bonchev–Trinajstić information content (AvgIpc) is 2.87. The number of aromatic nitrogens is 2. The van der Waals surface area contributed by atoms with Gasteiger partial charge in [-0.25, -0.2) is 5.43 Å². The molecule has 5 N–H and O–H groups in total. The topological polar surface area (TPSA) is 91.1 Å². The summed E-state index contributed by atoms with van der Waals surface area (Å²) in [6.45, 7) is 2.88. The molecule has 6 nitrogen and oxygen atoms in total. The minimum atomic E-state index is -0.300. The Morgan fingerprint density at radius 1 is 1.48 bits per heavy atom. The van der Waals surface area contributed by atoms with Crippen LogP contribution in [0.3, 0.4) is 0 Å². The highest BCUT2D eigenvalue weighted by atomic mass is 79.9. The zero-order chi connectivity index (χ0) is 15.4. The number of nitrogens with zero attached hydrogens (tertiary/aromatic N) is 2. The second kappa shape index (κ2) is 6.93. The summed E-state index contributed by atoms with van der Waals surface area (Å²) < 4.78 is 8.25. The van der Waals surface area contributed by atoms with Crippen molar-refractivity contribution in [2.45, 2.75) is 25.9 Å². The number of hydrazine groups is 1. The van der Waals surface area contributed by atoms with E-state index in [0.29, 0.717) is 11.4 Å². The number of methoxy groups -OCH3 is 1. The maximum atomic E-state index is 6.10. The maximum Gasteiger partial charge on any atom is 0.161 e. The monoisotopic (exact) mass is 353 g/mol. The highest BCUT2D eigenvalue weighted by molar-refractivity contribution is 9.10. The van der Waals surface area contributed by atoms with Crippen molar-refractivity contribution in [1.82, 2.24) is 15.2 Å². The maximum absolute atomic E-state index is 6.10. The lowest BCUT2D eigenvalue weighted by Gasteiger charge is -2.21. The van der Waals surface area contributed by atoms with E-state index < -0.39 is 0 Å².